The van der Waals surface area contributed by atoms with Gasteiger partial charge < -0.3 is 38.3 Å². The number of hydrogen-bond donors (Lipinski definition) is 2. The number of aromatic hydroxyl groups is 2. The molecule has 287 valence electrons. The Morgan fingerprint density at radius 3 is 1.73 bits per heavy atom. The number of halogens is 1. The maximum atomic E-state index is 11.4. The summed E-state index contributed by atoms with van der Waals surface area (Å²) >= 11 is 2.15. The summed E-state index contributed by atoms with van der Waals surface area (Å²) in [6.45, 7) is 3.40. The van der Waals surface area contributed by atoms with E-state index in [1.807, 2.05) is 71.7 Å². The van der Waals surface area contributed by atoms with Gasteiger partial charge in [0.1, 0.15) is 35.4 Å². The molecule has 0 aliphatic carbocycles. The maximum Gasteiger partial charge on any atom is 0.227 e. The van der Waals surface area contributed by atoms with Gasteiger partial charge in [-0.05, 0) is 53.7 Å². The third kappa shape index (κ3) is 11.1. The molecule has 10 nitrogen and oxygen atoms in total. The van der Waals surface area contributed by atoms with Gasteiger partial charge in [0.2, 0.25) is 11.2 Å². The van der Waals surface area contributed by atoms with E-state index in [2.05, 4.69) is 28.5 Å². The van der Waals surface area contributed by atoms with Crippen molar-refractivity contribution in [1.82, 2.24) is 0 Å². The number of aldehydes is 1. The van der Waals surface area contributed by atoms with Gasteiger partial charge in [-0.25, -0.2) is 0 Å². The van der Waals surface area contributed by atoms with Gasteiger partial charge in [-0.15, -0.1) is 6.42 Å². The first-order valence-corrected chi connectivity index (χ1v) is 18.5. The monoisotopic (exact) mass is 897 g/mol. The molecule has 0 fully saturated rings. The molecule has 0 aliphatic heterocycles. The number of fused-ring (bicyclic) bond motifs is 2. The summed E-state index contributed by atoms with van der Waals surface area (Å²) in [5, 5.41) is 23.9. The molecule has 0 saturated heterocycles. The number of benzene rings is 5. The van der Waals surface area contributed by atoms with Crippen LogP contribution in [-0.2, 0) is 25.0 Å². The van der Waals surface area contributed by atoms with Crippen molar-refractivity contribution in [3.63, 3.8) is 0 Å². The minimum absolute atomic E-state index is 0. The van der Waals surface area contributed by atoms with Crippen molar-refractivity contribution in [1.29, 1.82) is 0 Å². The SMILES string of the molecule is C#CCOc1c(C)occc1=O.CI.COc1cccc2c(OC)c(Cc3cc(C)c(O)c(O)c3C=O)ccc12.COc1cccc2c(OC)cccc12.[V]. The summed E-state index contributed by atoms with van der Waals surface area (Å²) in [7, 11) is 6.56. The van der Waals surface area contributed by atoms with Crippen molar-refractivity contribution >= 4 is 50.4 Å². The van der Waals surface area contributed by atoms with Crippen LogP contribution < -0.4 is 29.1 Å². The van der Waals surface area contributed by atoms with Crippen LogP contribution in [0.15, 0.2) is 94.3 Å². The molecule has 1 heterocycles. The average molecular weight is 898 g/mol. The van der Waals surface area contributed by atoms with Crippen LogP contribution >= 0.6 is 22.6 Å². The third-order valence-electron chi connectivity index (χ3n) is 8.16. The third-order valence-corrected chi connectivity index (χ3v) is 8.16. The van der Waals surface area contributed by atoms with Crippen LogP contribution in [0.2, 0.25) is 0 Å². The molecule has 0 spiro atoms. The number of carbonyl (C=O) groups excluding carboxylic acids is 1. The maximum absolute atomic E-state index is 11.4. The molecule has 6 rings (SSSR count). The molecule has 0 saturated carbocycles. The van der Waals surface area contributed by atoms with Gasteiger partial charge in [-0.3, -0.25) is 9.59 Å². The van der Waals surface area contributed by atoms with Crippen molar-refractivity contribution in [3.05, 3.63) is 123 Å². The van der Waals surface area contributed by atoms with Crippen molar-refractivity contribution in [3.8, 4) is 52.6 Å². The number of methoxy groups -OCH3 is 4. The van der Waals surface area contributed by atoms with Gasteiger partial charge in [0.25, 0.3) is 0 Å². The van der Waals surface area contributed by atoms with E-state index in [1.165, 1.54) is 12.3 Å². The van der Waals surface area contributed by atoms with Gasteiger partial charge in [0.05, 0.1) is 40.3 Å². The summed E-state index contributed by atoms with van der Waals surface area (Å²) < 4.78 is 31.5. The molecule has 0 bridgehead atoms. The van der Waals surface area contributed by atoms with Crippen molar-refractivity contribution in [2.45, 2.75) is 20.3 Å². The Balaban J connectivity index is 0.000000304. The zero-order valence-electron chi connectivity index (χ0n) is 31.6. The zero-order valence-corrected chi connectivity index (χ0v) is 35.2. The minimum atomic E-state index is -0.392. The van der Waals surface area contributed by atoms with E-state index in [0.29, 0.717) is 35.3 Å². The van der Waals surface area contributed by atoms with Crippen LogP contribution in [0.1, 0.15) is 32.8 Å². The van der Waals surface area contributed by atoms with Gasteiger partial charge in [0.15, 0.2) is 17.8 Å². The fraction of sp³-hybridized carbons (Fsp3) is 0.209. The number of hydrogen-bond acceptors (Lipinski definition) is 10. The topological polar surface area (TPSA) is 134 Å². The molecule has 2 N–H and O–H groups in total. The Morgan fingerprint density at radius 1 is 0.727 bits per heavy atom. The Kier molecular flexibility index (Phi) is 19.0. The number of phenolic OH excluding ortho intramolecular Hbond substituents is 2. The van der Waals surface area contributed by atoms with E-state index in [0.717, 1.165) is 44.4 Å². The van der Waals surface area contributed by atoms with E-state index in [9.17, 15) is 19.8 Å². The predicted octanol–water partition coefficient (Wildman–Crippen LogP) is 8.85. The van der Waals surface area contributed by atoms with Crippen LogP contribution in [0.4, 0.5) is 0 Å². The second kappa shape index (κ2) is 22.8. The summed E-state index contributed by atoms with van der Waals surface area (Å²) in [6, 6.07) is 24.4. The first-order chi connectivity index (χ1) is 26.1. The molecule has 5 aromatic carbocycles. The molecular weight excluding hydrogens is 854 g/mol. The summed E-state index contributed by atoms with van der Waals surface area (Å²) in [5.41, 5.74) is 1.86. The smallest absolute Gasteiger partial charge is 0.227 e. The van der Waals surface area contributed by atoms with Crippen LogP contribution in [0.3, 0.4) is 0 Å². The number of rotatable bonds is 9. The largest absolute Gasteiger partial charge is 0.504 e. The van der Waals surface area contributed by atoms with Crippen LogP contribution in [0.25, 0.3) is 21.5 Å². The van der Waals surface area contributed by atoms with Gasteiger partial charge >= 0.3 is 0 Å². The normalized spacial score (nSPS) is 9.73. The second-order valence-corrected chi connectivity index (χ2v) is 11.3. The minimum Gasteiger partial charge on any atom is -0.504 e. The molecule has 0 atom stereocenters. The van der Waals surface area contributed by atoms with E-state index in [4.69, 9.17) is 34.5 Å². The Morgan fingerprint density at radius 2 is 1.25 bits per heavy atom. The molecule has 1 aromatic heterocycles. The molecule has 6 aromatic rings. The van der Waals surface area contributed by atoms with Crippen LogP contribution in [-0.4, -0.2) is 56.5 Å². The van der Waals surface area contributed by atoms with Crippen molar-refractivity contribution < 1.29 is 61.7 Å². The molecule has 55 heavy (non-hydrogen) atoms. The van der Waals surface area contributed by atoms with Crippen molar-refractivity contribution in [2.24, 2.45) is 0 Å². The van der Waals surface area contributed by atoms with Crippen molar-refractivity contribution in [2.75, 3.05) is 40.0 Å². The van der Waals surface area contributed by atoms with E-state index in [-0.39, 0.29) is 47.7 Å². The quantitative estimate of drug-likeness (QED) is 0.0477. The fourth-order valence-corrected chi connectivity index (χ4v) is 5.66. The standard InChI is InChI=1S/C21H20O5.C12H12O2.C9H8O3.CH3I.V/c1-12-9-14(17(11-22)20(24)19(12)23)10-13-7-8-15-16(21(13)26-3)5-4-6-18(15)25-2;1-13-11-7-3-6-10-9(11)5-4-8-12(10)14-2;1-3-5-12-9-7(2)11-6-4-8(9)10;1-2;/h4-9,11,23-24H,10H2,1-3H3;3-8H,1-2H3;1,4,6H,5H2,2H3;1H3;. The van der Waals surface area contributed by atoms with E-state index < -0.39 is 5.75 Å². The number of carbonyl (C=O) groups is 1. The molecule has 1 radical (unpaired) electrons. The van der Waals surface area contributed by atoms with E-state index >= 15 is 0 Å². The number of ether oxygens (including phenoxy) is 5. The first kappa shape index (κ1) is 45.9. The number of aryl methyl sites for hydroxylation is 2. The molecule has 0 aliphatic rings. The zero-order chi connectivity index (χ0) is 39.8. The second-order valence-electron chi connectivity index (χ2n) is 11.3. The molecule has 0 amide bonds. The van der Waals surface area contributed by atoms with Gasteiger partial charge in [0, 0.05) is 52.6 Å². The fourth-order valence-electron chi connectivity index (χ4n) is 5.66. The summed E-state index contributed by atoms with van der Waals surface area (Å²) in [6.07, 6.45) is 7.22. The van der Waals surface area contributed by atoms with Gasteiger partial charge in [-0.1, -0.05) is 83.1 Å². The molecule has 12 heteroatoms. The van der Waals surface area contributed by atoms with Crippen LogP contribution in [0.5, 0.6) is 40.2 Å². The predicted molar refractivity (Wildman–Crippen MR) is 221 cm³/mol. The molecule has 0 unspecified atom stereocenters. The summed E-state index contributed by atoms with van der Waals surface area (Å²) in [5.74, 6) is 5.42. The Hall–Kier alpha value is -5.29. The van der Waals surface area contributed by atoms with Crippen LogP contribution in [0, 0.1) is 26.2 Å². The number of phenols is 2. The number of alkyl halides is 1. The van der Waals surface area contributed by atoms with E-state index in [1.54, 1.807) is 48.4 Å². The average Bonchev–Trinajstić information content (AvgIpc) is 3.20. The summed E-state index contributed by atoms with van der Waals surface area (Å²) in [4.78, 5) is 24.5. The molecular formula is C43H43IO10V. The Labute approximate surface area is 346 Å². The number of terminal acetylenes is 1. The first-order valence-electron chi connectivity index (χ1n) is 16.4. The van der Waals surface area contributed by atoms with Gasteiger partial charge in [-0.2, -0.15) is 0 Å². The Bertz CT molecular complexity index is 2250.